The van der Waals surface area contributed by atoms with E-state index in [0.29, 0.717) is 0 Å². The fourth-order valence-corrected chi connectivity index (χ4v) is 1.78. The van der Waals surface area contributed by atoms with E-state index in [4.69, 9.17) is 0 Å². The first-order valence-corrected chi connectivity index (χ1v) is 7.59. The van der Waals surface area contributed by atoms with Gasteiger partial charge in [-0.2, -0.15) is 0 Å². The van der Waals surface area contributed by atoms with Crippen LogP contribution in [0.2, 0.25) is 0 Å². The molecule has 0 aromatic carbocycles. The highest BCUT2D eigenvalue weighted by molar-refractivity contribution is 5.48. The number of hydrogen-bond acceptors (Lipinski definition) is 5. The van der Waals surface area contributed by atoms with Crippen molar-refractivity contribution in [2.75, 3.05) is 23.8 Å². The molecule has 3 N–H and O–H groups in total. The third-order valence-corrected chi connectivity index (χ3v) is 3.32. The standard InChI is InChI=1S/C15H28N4O/c1-5-7-13-18-14(16-8-6-2)9-15(19-13)17-12(4)11(3)10-20/h9,11-12,20H,5-8,10H2,1-4H3,(H2,16,17,18,19). The minimum absolute atomic E-state index is 0.169. The number of nitrogens with one attached hydrogen (secondary N) is 2. The predicted molar refractivity (Wildman–Crippen MR) is 84.1 cm³/mol. The molecule has 0 bridgehead atoms. The topological polar surface area (TPSA) is 70.1 Å². The van der Waals surface area contributed by atoms with E-state index in [2.05, 4.69) is 41.4 Å². The van der Waals surface area contributed by atoms with E-state index in [0.717, 1.165) is 43.3 Å². The van der Waals surface area contributed by atoms with Crippen molar-refractivity contribution in [2.45, 2.75) is 53.0 Å². The number of nitrogens with zero attached hydrogens (tertiary/aromatic N) is 2. The molecule has 2 atom stereocenters. The van der Waals surface area contributed by atoms with Crippen LogP contribution in [0, 0.1) is 5.92 Å². The van der Waals surface area contributed by atoms with Gasteiger partial charge in [0.1, 0.15) is 17.5 Å². The number of hydrogen-bond donors (Lipinski definition) is 3. The molecule has 1 aromatic heterocycles. The Hall–Kier alpha value is -1.36. The van der Waals surface area contributed by atoms with Gasteiger partial charge < -0.3 is 15.7 Å². The maximum absolute atomic E-state index is 9.21. The first-order chi connectivity index (χ1) is 9.60. The zero-order valence-corrected chi connectivity index (χ0v) is 13.1. The molecule has 5 nitrogen and oxygen atoms in total. The van der Waals surface area contributed by atoms with Gasteiger partial charge in [-0.15, -0.1) is 0 Å². The van der Waals surface area contributed by atoms with Crippen molar-refractivity contribution in [3.05, 3.63) is 11.9 Å². The Morgan fingerprint density at radius 2 is 1.85 bits per heavy atom. The lowest BCUT2D eigenvalue weighted by Gasteiger charge is -2.20. The molecule has 0 fully saturated rings. The number of rotatable bonds is 9. The second-order valence-electron chi connectivity index (χ2n) is 5.32. The Morgan fingerprint density at radius 3 is 2.45 bits per heavy atom. The first kappa shape index (κ1) is 16.7. The molecule has 114 valence electrons. The van der Waals surface area contributed by atoms with Gasteiger partial charge in [0.2, 0.25) is 0 Å². The molecule has 20 heavy (non-hydrogen) atoms. The summed E-state index contributed by atoms with van der Waals surface area (Å²) in [5, 5.41) is 15.9. The minimum atomic E-state index is 0.169. The summed E-state index contributed by atoms with van der Waals surface area (Å²) in [7, 11) is 0. The lowest BCUT2D eigenvalue weighted by Crippen LogP contribution is -2.27. The maximum atomic E-state index is 9.21. The van der Waals surface area contributed by atoms with Gasteiger partial charge in [-0.05, 0) is 25.7 Å². The number of aliphatic hydroxyl groups excluding tert-OH is 1. The summed E-state index contributed by atoms with van der Waals surface area (Å²) < 4.78 is 0. The van der Waals surface area contributed by atoms with Crippen LogP contribution in [-0.2, 0) is 6.42 Å². The molecule has 1 rings (SSSR count). The van der Waals surface area contributed by atoms with Crippen molar-refractivity contribution in [2.24, 2.45) is 5.92 Å². The van der Waals surface area contributed by atoms with Crippen LogP contribution in [0.25, 0.3) is 0 Å². The van der Waals surface area contributed by atoms with Crippen molar-refractivity contribution < 1.29 is 5.11 Å². The molecule has 1 heterocycles. The van der Waals surface area contributed by atoms with Crippen LogP contribution >= 0.6 is 0 Å². The van der Waals surface area contributed by atoms with Crippen LogP contribution in [0.1, 0.15) is 46.4 Å². The van der Waals surface area contributed by atoms with Crippen molar-refractivity contribution in [3.63, 3.8) is 0 Å². The van der Waals surface area contributed by atoms with E-state index in [1.807, 2.05) is 13.0 Å². The summed E-state index contributed by atoms with van der Waals surface area (Å²) >= 11 is 0. The van der Waals surface area contributed by atoms with Crippen molar-refractivity contribution >= 4 is 11.6 Å². The number of anilines is 2. The summed E-state index contributed by atoms with van der Waals surface area (Å²) in [5.74, 6) is 2.75. The van der Waals surface area contributed by atoms with E-state index >= 15 is 0 Å². The SMILES string of the molecule is CCCNc1cc(NC(C)C(C)CO)nc(CCC)n1. The fourth-order valence-electron chi connectivity index (χ4n) is 1.78. The Kier molecular flexibility index (Phi) is 7.30. The molecule has 0 amide bonds. The molecule has 0 saturated carbocycles. The van der Waals surface area contributed by atoms with Gasteiger partial charge in [-0.3, -0.25) is 0 Å². The summed E-state index contributed by atoms with van der Waals surface area (Å²) in [6, 6.07) is 2.11. The second kappa shape index (κ2) is 8.74. The minimum Gasteiger partial charge on any atom is -0.396 e. The highest BCUT2D eigenvalue weighted by Gasteiger charge is 2.12. The van der Waals surface area contributed by atoms with Crippen molar-refractivity contribution in [1.29, 1.82) is 0 Å². The van der Waals surface area contributed by atoms with E-state index in [1.165, 1.54) is 0 Å². The Morgan fingerprint density at radius 1 is 1.15 bits per heavy atom. The smallest absolute Gasteiger partial charge is 0.133 e. The molecule has 0 spiro atoms. The van der Waals surface area contributed by atoms with Gasteiger partial charge in [0, 0.05) is 31.7 Å². The second-order valence-corrected chi connectivity index (χ2v) is 5.32. The van der Waals surface area contributed by atoms with E-state index in [1.54, 1.807) is 0 Å². The Labute approximate surface area is 122 Å². The maximum Gasteiger partial charge on any atom is 0.133 e. The first-order valence-electron chi connectivity index (χ1n) is 7.59. The summed E-state index contributed by atoms with van der Waals surface area (Å²) in [5.41, 5.74) is 0. The van der Waals surface area contributed by atoms with Crippen molar-refractivity contribution in [1.82, 2.24) is 9.97 Å². The lowest BCUT2D eigenvalue weighted by molar-refractivity contribution is 0.226. The highest BCUT2D eigenvalue weighted by Crippen LogP contribution is 2.15. The predicted octanol–water partition coefficient (Wildman–Crippen LogP) is 2.68. The molecular formula is C15H28N4O. The molecule has 0 saturated heterocycles. The van der Waals surface area contributed by atoms with Gasteiger partial charge in [0.25, 0.3) is 0 Å². The Bertz CT molecular complexity index is 397. The zero-order valence-electron chi connectivity index (χ0n) is 13.1. The van der Waals surface area contributed by atoms with Crippen LogP contribution < -0.4 is 10.6 Å². The molecular weight excluding hydrogens is 252 g/mol. The molecule has 0 radical (unpaired) electrons. The van der Waals surface area contributed by atoms with Crippen molar-refractivity contribution in [3.8, 4) is 0 Å². The average molecular weight is 280 g/mol. The quantitative estimate of drug-likeness (QED) is 0.649. The van der Waals surface area contributed by atoms with Crippen LogP contribution in [0.15, 0.2) is 6.07 Å². The van der Waals surface area contributed by atoms with Crippen LogP contribution in [-0.4, -0.2) is 34.3 Å². The number of aromatic nitrogens is 2. The van der Waals surface area contributed by atoms with Gasteiger partial charge >= 0.3 is 0 Å². The molecule has 0 aliphatic heterocycles. The van der Waals surface area contributed by atoms with Crippen LogP contribution in [0.3, 0.4) is 0 Å². The fraction of sp³-hybridized carbons (Fsp3) is 0.733. The van der Waals surface area contributed by atoms with Gasteiger partial charge in [-0.1, -0.05) is 20.8 Å². The number of aryl methyl sites for hydroxylation is 1. The van der Waals surface area contributed by atoms with Crippen LogP contribution in [0.4, 0.5) is 11.6 Å². The van der Waals surface area contributed by atoms with Gasteiger partial charge in [0.05, 0.1) is 0 Å². The molecule has 0 aliphatic carbocycles. The average Bonchev–Trinajstić information content (AvgIpc) is 2.44. The Balaban J connectivity index is 2.84. The summed E-state index contributed by atoms with van der Waals surface area (Å²) in [6.45, 7) is 9.40. The van der Waals surface area contributed by atoms with E-state index < -0.39 is 0 Å². The highest BCUT2D eigenvalue weighted by atomic mass is 16.3. The van der Waals surface area contributed by atoms with E-state index in [-0.39, 0.29) is 18.6 Å². The van der Waals surface area contributed by atoms with Gasteiger partial charge in [-0.25, -0.2) is 9.97 Å². The molecule has 2 unspecified atom stereocenters. The normalized spacial score (nSPS) is 13.8. The molecule has 0 aliphatic rings. The monoisotopic (exact) mass is 280 g/mol. The van der Waals surface area contributed by atoms with Crippen LogP contribution in [0.5, 0.6) is 0 Å². The van der Waals surface area contributed by atoms with Gasteiger partial charge in [0.15, 0.2) is 0 Å². The summed E-state index contributed by atoms with van der Waals surface area (Å²) in [4.78, 5) is 9.07. The summed E-state index contributed by atoms with van der Waals surface area (Å²) in [6.07, 6.45) is 2.97. The lowest BCUT2D eigenvalue weighted by atomic mass is 10.1. The molecule has 5 heteroatoms. The number of aliphatic hydroxyl groups is 1. The third-order valence-electron chi connectivity index (χ3n) is 3.32. The van der Waals surface area contributed by atoms with E-state index in [9.17, 15) is 5.11 Å². The third kappa shape index (κ3) is 5.33. The molecule has 1 aromatic rings. The largest absolute Gasteiger partial charge is 0.396 e. The zero-order chi connectivity index (χ0) is 15.0.